The smallest absolute Gasteiger partial charge is 0.173 e. The van der Waals surface area contributed by atoms with E-state index in [0.717, 1.165) is 14.4 Å². The molecule has 0 radical (unpaired) electrons. The Labute approximate surface area is 110 Å². The first-order valence-electron chi connectivity index (χ1n) is 4.44. The Morgan fingerprint density at radius 3 is 2.75 bits per heavy atom. The van der Waals surface area contributed by atoms with Gasteiger partial charge in [0, 0.05) is 10.0 Å². The van der Waals surface area contributed by atoms with E-state index < -0.39 is 0 Å². The summed E-state index contributed by atoms with van der Waals surface area (Å²) in [6.07, 6.45) is 1.50. The molecule has 0 spiro atoms. The van der Waals surface area contributed by atoms with Crippen molar-refractivity contribution in [2.45, 2.75) is 4.34 Å². The first-order valence-corrected chi connectivity index (χ1v) is 6.99. The number of halogens is 1. The molecule has 6 heteroatoms. The van der Waals surface area contributed by atoms with Crippen molar-refractivity contribution in [3.63, 3.8) is 0 Å². The highest BCUT2D eigenvalue weighted by Crippen LogP contribution is 2.20. The largest absolute Gasteiger partial charge is 0.293 e. The van der Waals surface area contributed by atoms with Crippen molar-refractivity contribution in [3.05, 3.63) is 40.6 Å². The normalized spacial score (nSPS) is 10.3. The molecule has 0 saturated heterocycles. The van der Waals surface area contributed by atoms with Crippen LogP contribution in [-0.2, 0) is 0 Å². The van der Waals surface area contributed by atoms with Gasteiger partial charge in [0.2, 0.25) is 0 Å². The van der Waals surface area contributed by atoms with E-state index in [1.54, 1.807) is 0 Å². The summed E-state index contributed by atoms with van der Waals surface area (Å²) in [5, 5.41) is 0. The second-order valence-electron chi connectivity index (χ2n) is 2.93. The predicted octanol–water partition coefficient (Wildman–Crippen LogP) is 3.28. The zero-order valence-corrected chi connectivity index (χ0v) is 11.3. The van der Waals surface area contributed by atoms with Crippen LogP contribution in [0.4, 0.5) is 0 Å². The highest BCUT2D eigenvalue weighted by molar-refractivity contribution is 9.10. The van der Waals surface area contributed by atoms with Crippen molar-refractivity contribution in [1.82, 2.24) is 9.36 Å². The molecule has 1 aromatic heterocycles. The van der Waals surface area contributed by atoms with Gasteiger partial charge < -0.3 is 0 Å². The lowest BCUT2D eigenvalue weighted by Crippen LogP contribution is -2.01. The van der Waals surface area contributed by atoms with Crippen molar-refractivity contribution in [2.75, 3.05) is 5.75 Å². The van der Waals surface area contributed by atoms with Crippen LogP contribution in [0.2, 0.25) is 0 Å². The Morgan fingerprint density at radius 1 is 1.38 bits per heavy atom. The van der Waals surface area contributed by atoms with Crippen LogP contribution in [0, 0.1) is 0 Å². The van der Waals surface area contributed by atoms with Gasteiger partial charge in [0.25, 0.3) is 0 Å². The number of ketones is 1. The summed E-state index contributed by atoms with van der Waals surface area (Å²) in [6, 6.07) is 7.35. The van der Waals surface area contributed by atoms with Gasteiger partial charge in [0.15, 0.2) is 10.1 Å². The summed E-state index contributed by atoms with van der Waals surface area (Å²) in [4.78, 5) is 15.8. The minimum Gasteiger partial charge on any atom is -0.293 e. The van der Waals surface area contributed by atoms with Crippen molar-refractivity contribution >= 4 is 45.0 Å². The maximum atomic E-state index is 11.8. The molecule has 3 nitrogen and oxygen atoms in total. The summed E-state index contributed by atoms with van der Waals surface area (Å²) in [6.45, 7) is 0. The van der Waals surface area contributed by atoms with E-state index >= 15 is 0 Å². The van der Waals surface area contributed by atoms with Gasteiger partial charge in [-0.05, 0) is 23.7 Å². The lowest BCUT2D eigenvalue weighted by molar-refractivity contribution is 0.102. The molecule has 0 aliphatic carbocycles. The summed E-state index contributed by atoms with van der Waals surface area (Å²) < 4.78 is 5.67. The minimum atomic E-state index is 0.104. The highest BCUT2D eigenvalue weighted by Gasteiger charge is 2.07. The fourth-order valence-electron chi connectivity index (χ4n) is 1.07. The molecule has 0 aliphatic rings. The van der Waals surface area contributed by atoms with Gasteiger partial charge in [-0.15, -0.1) is 0 Å². The summed E-state index contributed by atoms with van der Waals surface area (Å²) >= 11 is 6.05. The van der Waals surface area contributed by atoms with Gasteiger partial charge >= 0.3 is 0 Å². The van der Waals surface area contributed by atoms with Crippen LogP contribution in [0.1, 0.15) is 10.4 Å². The quantitative estimate of drug-likeness (QED) is 0.641. The number of carbonyl (C=O) groups is 1. The number of hydrogen-bond acceptors (Lipinski definition) is 5. The van der Waals surface area contributed by atoms with E-state index in [2.05, 4.69) is 25.3 Å². The van der Waals surface area contributed by atoms with Crippen LogP contribution in [0.3, 0.4) is 0 Å². The lowest BCUT2D eigenvalue weighted by atomic mass is 10.2. The zero-order chi connectivity index (χ0) is 11.4. The lowest BCUT2D eigenvalue weighted by Gasteiger charge is -1.99. The molecule has 16 heavy (non-hydrogen) atoms. The number of aromatic nitrogens is 2. The zero-order valence-electron chi connectivity index (χ0n) is 8.09. The topological polar surface area (TPSA) is 42.9 Å². The predicted molar refractivity (Wildman–Crippen MR) is 69.1 cm³/mol. The summed E-state index contributed by atoms with van der Waals surface area (Å²) in [5.41, 5.74) is 0.722. The third-order valence-corrected chi connectivity index (χ3v) is 4.16. The van der Waals surface area contributed by atoms with Crippen LogP contribution < -0.4 is 0 Å². The molecule has 0 aliphatic heterocycles. The van der Waals surface area contributed by atoms with E-state index in [0.29, 0.717) is 5.75 Å². The van der Waals surface area contributed by atoms with Crippen LogP contribution in [0.15, 0.2) is 39.4 Å². The second kappa shape index (κ2) is 5.56. The molecule has 1 heterocycles. The van der Waals surface area contributed by atoms with Crippen molar-refractivity contribution in [1.29, 1.82) is 0 Å². The van der Waals surface area contributed by atoms with Crippen molar-refractivity contribution in [3.8, 4) is 0 Å². The van der Waals surface area contributed by atoms with Gasteiger partial charge in [0.05, 0.1) is 5.75 Å². The van der Waals surface area contributed by atoms with E-state index in [1.807, 2.05) is 24.3 Å². The fraction of sp³-hybridized carbons (Fsp3) is 0.100. The Morgan fingerprint density at radius 2 is 2.12 bits per heavy atom. The monoisotopic (exact) mass is 314 g/mol. The minimum absolute atomic E-state index is 0.104. The van der Waals surface area contributed by atoms with Gasteiger partial charge in [-0.1, -0.05) is 39.8 Å². The molecule has 82 valence electrons. The number of Topliss-reactive ketones (excluding diaryl/α,β-unsaturated/α-hetero) is 1. The molecule has 0 atom stereocenters. The maximum Gasteiger partial charge on any atom is 0.173 e. The van der Waals surface area contributed by atoms with Crippen LogP contribution in [0.5, 0.6) is 0 Å². The number of nitrogens with zero attached hydrogens (tertiary/aromatic N) is 2. The highest BCUT2D eigenvalue weighted by atomic mass is 79.9. The molecule has 0 fully saturated rings. The van der Waals surface area contributed by atoms with Gasteiger partial charge in [0.1, 0.15) is 6.33 Å². The number of thioether (sulfide) groups is 1. The van der Waals surface area contributed by atoms with E-state index in [4.69, 9.17) is 0 Å². The van der Waals surface area contributed by atoms with Crippen molar-refractivity contribution < 1.29 is 4.79 Å². The summed E-state index contributed by atoms with van der Waals surface area (Å²) in [5.74, 6) is 0.504. The van der Waals surface area contributed by atoms with E-state index in [9.17, 15) is 4.79 Å². The molecule has 2 aromatic rings. The summed E-state index contributed by atoms with van der Waals surface area (Å²) in [7, 11) is 0. The Bertz CT molecular complexity index is 470. The molecule has 2 rings (SSSR count). The molecule has 0 amide bonds. The standard InChI is InChI=1S/C10H7BrN2OS2/c11-8-3-1-7(2-4-8)9(14)5-15-10-12-6-13-16-10/h1-4,6H,5H2. The Hall–Kier alpha value is -0.720. The molecular weight excluding hydrogens is 308 g/mol. The third kappa shape index (κ3) is 3.13. The first-order chi connectivity index (χ1) is 7.75. The molecule has 0 N–H and O–H groups in total. The van der Waals surface area contributed by atoms with Crippen LogP contribution >= 0.6 is 39.2 Å². The number of benzene rings is 1. The molecule has 0 saturated carbocycles. The maximum absolute atomic E-state index is 11.8. The second-order valence-corrected chi connectivity index (χ2v) is 5.84. The van der Waals surface area contributed by atoms with Crippen molar-refractivity contribution in [2.24, 2.45) is 0 Å². The van der Waals surface area contributed by atoms with Gasteiger partial charge in [-0.25, -0.2) is 4.98 Å². The number of carbonyl (C=O) groups excluding carboxylic acids is 1. The molecule has 0 bridgehead atoms. The molecular formula is C10H7BrN2OS2. The fourth-order valence-corrected chi connectivity index (χ4v) is 2.68. The molecule has 0 unspecified atom stereocenters. The SMILES string of the molecule is O=C(CSc1ncns1)c1ccc(Br)cc1. The average molecular weight is 315 g/mol. The van der Waals surface area contributed by atoms with Crippen LogP contribution in [0.25, 0.3) is 0 Å². The van der Waals surface area contributed by atoms with E-state index in [-0.39, 0.29) is 5.78 Å². The first kappa shape index (κ1) is 11.8. The molecule has 1 aromatic carbocycles. The average Bonchev–Trinajstić information content (AvgIpc) is 2.80. The van der Waals surface area contributed by atoms with Crippen LogP contribution in [-0.4, -0.2) is 20.9 Å². The number of rotatable bonds is 4. The van der Waals surface area contributed by atoms with E-state index in [1.165, 1.54) is 29.6 Å². The Kier molecular flexibility index (Phi) is 4.09. The van der Waals surface area contributed by atoms with Gasteiger partial charge in [-0.2, -0.15) is 4.37 Å². The Balaban J connectivity index is 1.95. The van der Waals surface area contributed by atoms with Gasteiger partial charge in [-0.3, -0.25) is 4.79 Å². The number of hydrogen-bond donors (Lipinski definition) is 0. The third-order valence-electron chi connectivity index (χ3n) is 1.83.